The van der Waals surface area contributed by atoms with Crippen molar-refractivity contribution in [3.05, 3.63) is 59.9 Å². The molecule has 0 spiro atoms. The highest BCUT2D eigenvalue weighted by Gasteiger charge is 2.15. The van der Waals surface area contributed by atoms with Crippen LogP contribution in [-0.2, 0) is 16.6 Å². The third-order valence-electron chi connectivity index (χ3n) is 3.16. The van der Waals surface area contributed by atoms with Crippen LogP contribution >= 0.6 is 0 Å². The van der Waals surface area contributed by atoms with Crippen LogP contribution < -0.4 is 4.72 Å². The van der Waals surface area contributed by atoms with E-state index in [1.807, 2.05) is 13.8 Å². The van der Waals surface area contributed by atoms with Crippen LogP contribution in [0.25, 0.3) is 0 Å². The third kappa shape index (κ3) is 3.99. The summed E-state index contributed by atoms with van der Waals surface area (Å²) in [7, 11) is -3.61. The van der Waals surface area contributed by atoms with Gasteiger partial charge in [-0.05, 0) is 23.8 Å². The first-order chi connectivity index (χ1) is 10.4. The number of pyridine rings is 1. The van der Waals surface area contributed by atoms with Crippen molar-refractivity contribution in [2.24, 2.45) is 5.92 Å². The van der Waals surface area contributed by atoms with Gasteiger partial charge in [-0.2, -0.15) is 0 Å². The van der Waals surface area contributed by atoms with E-state index in [4.69, 9.17) is 0 Å². The van der Waals surface area contributed by atoms with Gasteiger partial charge in [0.1, 0.15) is 0 Å². The van der Waals surface area contributed by atoms with Crippen molar-refractivity contribution in [1.29, 1.82) is 0 Å². The zero-order valence-electron chi connectivity index (χ0n) is 12.5. The Labute approximate surface area is 130 Å². The number of carbonyl (C=O) groups excluding carboxylic acids is 1. The Kier molecular flexibility index (Phi) is 5.05. The molecule has 0 bridgehead atoms. The molecule has 1 heterocycles. The van der Waals surface area contributed by atoms with E-state index in [0.717, 1.165) is 5.56 Å². The normalized spacial score (nSPS) is 11.6. The fraction of sp³-hybridized carbons (Fsp3) is 0.250. The Hall–Kier alpha value is -2.05. The maximum absolute atomic E-state index is 12.2. The molecule has 0 radical (unpaired) electrons. The van der Waals surface area contributed by atoms with Crippen LogP contribution in [0.5, 0.6) is 0 Å². The van der Waals surface area contributed by atoms with Gasteiger partial charge in [0.25, 0.3) is 0 Å². The molecular formula is C16H18N2O3S. The van der Waals surface area contributed by atoms with Crippen molar-refractivity contribution in [3.8, 4) is 0 Å². The monoisotopic (exact) mass is 318 g/mol. The van der Waals surface area contributed by atoms with Gasteiger partial charge < -0.3 is 0 Å². The number of Topliss-reactive ketones (excluding diaryl/α,β-unsaturated/α-hetero) is 1. The first-order valence-corrected chi connectivity index (χ1v) is 8.41. The molecule has 0 aliphatic carbocycles. The zero-order valence-corrected chi connectivity index (χ0v) is 13.3. The maximum Gasteiger partial charge on any atom is 0.240 e. The first-order valence-electron chi connectivity index (χ1n) is 6.93. The number of nitrogens with zero attached hydrogens (tertiary/aromatic N) is 1. The summed E-state index contributed by atoms with van der Waals surface area (Å²) in [4.78, 5) is 15.9. The molecule has 1 N–H and O–H groups in total. The predicted octanol–water partition coefficient (Wildman–Crippen LogP) is 2.40. The van der Waals surface area contributed by atoms with Crippen molar-refractivity contribution in [2.75, 3.05) is 0 Å². The van der Waals surface area contributed by atoms with E-state index < -0.39 is 10.0 Å². The molecule has 0 aliphatic rings. The molecule has 22 heavy (non-hydrogen) atoms. The molecule has 0 atom stereocenters. The van der Waals surface area contributed by atoms with Crippen molar-refractivity contribution >= 4 is 15.8 Å². The molecule has 0 amide bonds. The van der Waals surface area contributed by atoms with Gasteiger partial charge in [0, 0.05) is 30.4 Å². The number of nitrogens with one attached hydrogen (secondary N) is 1. The molecule has 2 aromatic rings. The standard InChI is InChI=1S/C16H18N2O3S/c1-12(2)16(19)14-5-7-15(8-6-14)22(20,21)18-11-13-4-3-9-17-10-13/h3-10,12,18H,11H2,1-2H3. The lowest BCUT2D eigenvalue weighted by molar-refractivity contribution is 0.0939. The van der Waals surface area contributed by atoms with Gasteiger partial charge in [-0.15, -0.1) is 0 Å². The highest BCUT2D eigenvalue weighted by molar-refractivity contribution is 7.89. The molecule has 6 heteroatoms. The molecular weight excluding hydrogens is 300 g/mol. The summed E-state index contributed by atoms with van der Waals surface area (Å²) in [6.45, 7) is 3.79. The van der Waals surface area contributed by atoms with Crippen LogP contribution in [0.4, 0.5) is 0 Å². The van der Waals surface area contributed by atoms with E-state index in [1.165, 1.54) is 12.1 Å². The molecule has 2 rings (SSSR count). The minimum absolute atomic E-state index is 0.00716. The SMILES string of the molecule is CC(C)C(=O)c1ccc(S(=O)(=O)NCc2cccnc2)cc1. The summed E-state index contributed by atoms with van der Waals surface area (Å²) in [5.41, 5.74) is 1.29. The summed E-state index contributed by atoms with van der Waals surface area (Å²) < 4.78 is 26.9. The Morgan fingerprint density at radius 2 is 1.86 bits per heavy atom. The molecule has 0 fully saturated rings. The minimum atomic E-state index is -3.61. The number of hydrogen-bond acceptors (Lipinski definition) is 4. The van der Waals surface area contributed by atoms with Gasteiger partial charge >= 0.3 is 0 Å². The molecule has 0 saturated heterocycles. The van der Waals surface area contributed by atoms with Crippen LogP contribution in [0.15, 0.2) is 53.7 Å². The van der Waals surface area contributed by atoms with E-state index in [1.54, 1.807) is 36.7 Å². The van der Waals surface area contributed by atoms with Crippen LogP contribution in [0.1, 0.15) is 29.8 Å². The summed E-state index contributed by atoms with van der Waals surface area (Å²) >= 11 is 0. The summed E-state index contributed by atoms with van der Waals surface area (Å²) in [5, 5.41) is 0. The Morgan fingerprint density at radius 1 is 1.18 bits per heavy atom. The van der Waals surface area contributed by atoms with E-state index in [9.17, 15) is 13.2 Å². The number of hydrogen-bond donors (Lipinski definition) is 1. The number of carbonyl (C=O) groups is 1. The van der Waals surface area contributed by atoms with E-state index in [2.05, 4.69) is 9.71 Å². The van der Waals surface area contributed by atoms with Gasteiger partial charge in [0.2, 0.25) is 10.0 Å². The molecule has 1 aromatic carbocycles. The second-order valence-electron chi connectivity index (χ2n) is 5.23. The zero-order chi connectivity index (χ0) is 16.2. The highest BCUT2D eigenvalue weighted by Crippen LogP contribution is 2.14. The van der Waals surface area contributed by atoms with Gasteiger partial charge in [-0.3, -0.25) is 9.78 Å². The quantitative estimate of drug-likeness (QED) is 0.830. The highest BCUT2D eigenvalue weighted by atomic mass is 32.2. The maximum atomic E-state index is 12.2. The van der Waals surface area contributed by atoms with Crippen molar-refractivity contribution in [3.63, 3.8) is 0 Å². The molecule has 0 saturated carbocycles. The minimum Gasteiger partial charge on any atom is -0.294 e. The van der Waals surface area contributed by atoms with E-state index in [-0.39, 0.29) is 23.1 Å². The van der Waals surface area contributed by atoms with Crippen molar-refractivity contribution in [1.82, 2.24) is 9.71 Å². The predicted molar refractivity (Wildman–Crippen MR) is 83.9 cm³/mol. The molecule has 0 aliphatic heterocycles. The van der Waals surface area contributed by atoms with Crippen molar-refractivity contribution < 1.29 is 13.2 Å². The average Bonchev–Trinajstić information content (AvgIpc) is 2.53. The lowest BCUT2D eigenvalue weighted by Crippen LogP contribution is -2.23. The Balaban J connectivity index is 2.11. The number of aromatic nitrogens is 1. The number of rotatable bonds is 6. The molecule has 0 unspecified atom stereocenters. The van der Waals surface area contributed by atoms with E-state index >= 15 is 0 Å². The lowest BCUT2D eigenvalue weighted by atomic mass is 10.0. The van der Waals surface area contributed by atoms with Crippen molar-refractivity contribution in [2.45, 2.75) is 25.3 Å². The van der Waals surface area contributed by atoms with Gasteiger partial charge in [-0.25, -0.2) is 13.1 Å². The largest absolute Gasteiger partial charge is 0.294 e. The van der Waals surface area contributed by atoms with Crippen LogP contribution in [0, 0.1) is 5.92 Å². The van der Waals surface area contributed by atoms with Gasteiger partial charge in [-0.1, -0.05) is 32.0 Å². The topological polar surface area (TPSA) is 76.1 Å². The molecule has 1 aromatic heterocycles. The second kappa shape index (κ2) is 6.81. The van der Waals surface area contributed by atoms with Gasteiger partial charge in [0.15, 0.2) is 5.78 Å². The first kappa shape index (κ1) is 16.3. The van der Waals surface area contributed by atoms with Crippen LogP contribution in [-0.4, -0.2) is 19.2 Å². The second-order valence-corrected chi connectivity index (χ2v) is 7.00. The summed E-state index contributed by atoms with van der Waals surface area (Å²) in [6, 6.07) is 9.51. The molecule has 5 nitrogen and oxygen atoms in total. The number of sulfonamides is 1. The lowest BCUT2D eigenvalue weighted by Gasteiger charge is -2.08. The summed E-state index contributed by atoms with van der Waals surface area (Å²) in [6.07, 6.45) is 3.23. The van der Waals surface area contributed by atoms with Gasteiger partial charge in [0.05, 0.1) is 4.90 Å². The fourth-order valence-electron chi connectivity index (χ4n) is 1.90. The average molecular weight is 318 g/mol. The smallest absolute Gasteiger partial charge is 0.240 e. The van der Waals surface area contributed by atoms with Crippen LogP contribution in [0.2, 0.25) is 0 Å². The summed E-state index contributed by atoms with van der Waals surface area (Å²) in [5.74, 6) is -0.126. The van der Waals surface area contributed by atoms with E-state index in [0.29, 0.717) is 5.56 Å². The number of ketones is 1. The van der Waals surface area contributed by atoms with Crippen LogP contribution in [0.3, 0.4) is 0 Å². The Bertz CT molecular complexity index is 739. The third-order valence-corrected chi connectivity index (χ3v) is 4.58. The fourth-order valence-corrected chi connectivity index (χ4v) is 2.91. The molecule has 116 valence electrons. The Morgan fingerprint density at radius 3 is 2.41 bits per heavy atom. The number of benzene rings is 1.